The monoisotopic (exact) mass is 258 g/mol. The molecule has 0 N–H and O–H groups in total. The fraction of sp³-hybridized carbons (Fsp3) is 0.588. The van der Waals surface area contributed by atoms with Crippen LogP contribution in [0, 0.1) is 11.8 Å². The Hall–Kier alpha value is -1.31. The van der Waals surface area contributed by atoms with Crippen LogP contribution in [0.5, 0.6) is 5.75 Å². The number of fused-ring (bicyclic) bond motifs is 1. The molecule has 1 saturated carbocycles. The van der Waals surface area contributed by atoms with Crippen molar-refractivity contribution in [2.45, 2.75) is 44.9 Å². The highest BCUT2D eigenvalue weighted by atomic mass is 16.5. The van der Waals surface area contributed by atoms with E-state index in [1.165, 1.54) is 12.8 Å². The van der Waals surface area contributed by atoms with E-state index in [2.05, 4.69) is 13.0 Å². The molecule has 1 aromatic carbocycles. The third kappa shape index (κ3) is 2.54. The number of carbonyl (C=O) groups is 1. The number of hydrogen-bond donors (Lipinski definition) is 0. The van der Waals surface area contributed by atoms with Gasteiger partial charge >= 0.3 is 0 Å². The Morgan fingerprint density at radius 3 is 2.89 bits per heavy atom. The summed E-state index contributed by atoms with van der Waals surface area (Å²) in [5.41, 5.74) is 1.11. The van der Waals surface area contributed by atoms with Gasteiger partial charge in [0.25, 0.3) is 0 Å². The van der Waals surface area contributed by atoms with E-state index in [1.807, 2.05) is 18.2 Å². The Morgan fingerprint density at radius 1 is 1.21 bits per heavy atom. The zero-order chi connectivity index (χ0) is 13.2. The predicted octanol–water partition coefficient (Wildman–Crippen LogP) is 3.95. The van der Waals surface area contributed by atoms with Crippen molar-refractivity contribution in [1.29, 1.82) is 0 Å². The van der Waals surface area contributed by atoms with Gasteiger partial charge in [-0.3, -0.25) is 4.79 Å². The van der Waals surface area contributed by atoms with E-state index in [1.54, 1.807) is 0 Å². The summed E-state index contributed by atoms with van der Waals surface area (Å²) in [6.45, 7) is 2.95. The summed E-state index contributed by atoms with van der Waals surface area (Å²) >= 11 is 0. The summed E-state index contributed by atoms with van der Waals surface area (Å²) in [4.78, 5) is 12.8. The van der Waals surface area contributed by atoms with Crippen molar-refractivity contribution >= 4 is 5.78 Å². The maximum Gasteiger partial charge on any atom is 0.143 e. The third-order valence-electron chi connectivity index (χ3n) is 4.64. The maximum absolute atomic E-state index is 12.8. The molecule has 0 bridgehead atoms. The Balaban J connectivity index is 1.81. The second-order valence-electron chi connectivity index (χ2n) is 6.10. The molecule has 19 heavy (non-hydrogen) atoms. The lowest BCUT2D eigenvalue weighted by Gasteiger charge is -2.31. The zero-order valence-corrected chi connectivity index (χ0v) is 11.6. The first-order valence-corrected chi connectivity index (χ1v) is 7.51. The van der Waals surface area contributed by atoms with Crippen LogP contribution in [0.2, 0.25) is 0 Å². The molecule has 2 heteroatoms. The van der Waals surface area contributed by atoms with Crippen LogP contribution >= 0.6 is 0 Å². The van der Waals surface area contributed by atoms with Crippen molar-refractivity contribution in [3.63, 3.8) is 0 Å². The molecular formula is C17H22O2. The fourth-order valence-corrected chi connectivity index (χ4v) is 3.61. The molecule has 1 aliphatic carbocycles. The van der Waals surface area contributed by atoms with Gasteiger partial charge in [-0.25, -0.2) is 0 Å². The zero-order valence-electron chi connectivity index (χ0n) is 11.6. The molecule has 1 fully saturated rings. The van der Waals surface area contributed by atoms with Gasteiger partial charge in [-0.05, 0) is 31.2 Å². The minimum atomic E-state index is 0.0697. The largest absolute Gasteiger partial charge is 0.493 e. The first kappa shape index (κ1) is 12.7. The molecule has 102 valence electrons. The van der Waals surface area contributed by atoms with Gasteiger partial charge in [0.2, 0.25) is 0 Å². The molecular weight excluding hydrogens is 236 g/mol. The summed E-state index contributed by atoms with van der Waals surface area (Å²) < 4.78 is 5.66. The van der Waals surface area contributed by atoms with Crippen molar-refractivity contribution in [2.75, 3.05) is 6.61 Å². The fourth-order valence-electron chi connectivity index (χ4n) is 3.61. The molecule has 1 heterocycles. The number of ketones is 1. The van der Waals surface area contributed by atoms with Gasteiger partial charge in [0.05, 0.1) is 6.61 Å². The summed E-state index contributed by atoms with van der Waals surface area (Å²) in [7, 11) is 0. The Kier molecular flexibility index (Phi) is 3.58. The molecule has 0 radical (unpaired) electrons. The van der Waals surface area contributed by atoms with Crippen LogP contribution in [0.25, 0.3) is 0 Å². The van der Waals surface area contributed by atoms with Crippen LogP contribution < -0.4 is 4.74 Å². The van der Waals surface area contributed by atoms with E-state index >= 15 is 0 Å². The van der Waals surface area contributed by atoms with Gasteiger partial charge in [0.15, 0.2) is 0 Å². The molecule has 0 aromatic heterocycles. The quantitative estimate of drug-likeness (QED) is 0.803. The molecule has 2 aliphatic rings. The first-order chi connectivity index (χ1) is 9.25. The molecule has 0 amide bonds. The maximum atomic E-state index is 12.8. The van der Waals surface area contributed by atoms with E-state index in [9.17, 15) is 4.79 Å². The van der Waals surface area contributed by atoms with Crippen LogP contribution in [0.15, 0.2) is 24.3 Å². The predicted molar refractivity (Wildman–Crippen MR) is 75.4 cm³/mol. The molecule has 0 saturated heterocycles. The number of benzene rings is 1. The molecule has 3 rings (SSSR count). The average molecular weight is 258 g/mol. The highest BCUT2D eigenvalue weighted by Crippen LogP contribution is 2.39. The summed E-state index contributed by atoms with van der Waals surface area (Å²) in [6.07, 6.45) is 5.51. The Morgan fingerprint density at radius 2 is 2.05 bits per heavy atom. The minimum absolute atomic E-state index is 0.0697. The normalized spacial score (nSPS) is 30.3. The van der Waals surface area contributed by atoms with Gasteiger partial charge in [0.1, 0.15) is 11.5 Å². The van der Waals surface area contributed by atoms with E-state index in [-0.39, 0.29) is 11.8 Å². The van der Waals surface area contributed by atoms with Gasteiger partial charge in [-0.1, -0.05) is 38.0 Å². The van der Waals surface area contributed by atoms with E-state index in [4.69, 9.17) is 4.74 Å². The number of ether oxygens (including phenoxy) is 1. The average Bonchev–Trinajstić information content (AvgIpc) is 2.46. The molecule has 3 unspecified atom stereocenters. The second-order valence-corrected chi connectivity index (χ2v) is 6.10. The van der Waals surface area contributed by atoms with Crippen molar-refractivity contribution in [3.05, 3.63) is 29.8 Å². The molecule has 1 aromatic rings. The summed E-state index contributed by atoms with van der Waals surface area (Å²) in [5, 5.41) is 0. The lowest BCUT2D eigenvalue weighted by atomic mass is 9.74. The van der Waals surface area contributed by atoms with Gasteiger partial charge in [-0.15, -0.1) is 0 Å². The lowest BCUT2D eigenvalue weighted by Crippen LogP contribution is -2.29. The van der Waals surface area contributed by atoms with Gasteiger partial charge in [0, 0.05) is 17.4 Å². The second kappa shape index (κ2) is 5.36. The van der Waals surface area contributed by atoms with Crippen molar-refractivity contribution in [2.24, 2.45) is 11.8 Å². The highest BCUT2D eigenvalue weighted by molar-refractivity contribution is 5.88. The number of para-hydroxylation sites is 1. The number of Topliss-reactive ketones (excluding diaryl/α,β-unsaturated/α-hetero) is 1. The van der Waals surface area contributed by atoms with Crippen molar-refractivity contribution in [3.8, 4) is 5.75 Å². The minimum Gasteiger partial charge on any atom is -0.493 e. The van der Waals surface area contributed by atoms with E-state index in [0.717, 1.165) is 30.6 Å². The van der Waals surface area contributed by atoms with Crippen LogP contribution in [-0.2, 0) is 4.79 Å². The molecule has 1 aliphatic heterocycles. The van der Waals surface area contributed by atoms with Crippen molar-refractivity contribution in [1.82, 2.24) is 0 Å². The van der Waals surface area contributed by atoms with E-state index < -0.39 is 0 Å². The number of carbonyl (C=O) groups excluding carboxylic acids is 1. The smallest absolute Gasteiger partial charge is 0.143 e. The Bertz CT molecular complexity index is 466. The van der Waals surface area contributed by atoms with Gasteiger partial charge in [-0.2, -0.15) is 0 Å². The topological polar surface area (TPSA) is 26.3 Å². The summed E-state index contributed by atoms with van der Waals surface area (Å²) in [5.74, 6) is 2.43. The highest BCUT2D eigenvalue weighted by Gasteiger charge is 2.34. The van der Waals surface area contributed by atoms with Gasteiger partial charge < -0.3 is 4.74 Å². The molecule has 3 atom stereocenters. The van der Waals surface area contributed by atoms with Crippen LogP contribution in [0.3, 0.4) is 0 Å². The standard InChI is InChI=1S/C17H22O2/c1-12-5-4-6-13(11-12)17(18)15-9-10-19-16-8-3-2-7-14(15)16/h2-3,7-8,12-13,15H,4-6,9-11H2,1H3. The van der Waals surface area contributed by atoms with Crippen LogP contribution in [-0.4, -0.2) is 12.4 Å². The number of hydrogen-bond acceptors (Lipinski definition) is 2. The summed E-state index contributed by atoms with van der Waals surface area (Å²) in [6, 6.07) is 8.03. The van der Waals surface area contributed by atoms with E-state index in [0.29, 0.717) is 18.3 Å². The van der Waals surface area contributed by atoms with Crippen molar-refractivity contribution < 1.29 is 9.53 Å². The first-order valence-electron chi connectivity index (χ1n) is 7.51. The molecule has 2 nitrogen and oxygen atoms in total. The lowest BCUT2D eigenvalue weighted by molar-refractivity contribution is -0.126. The molecule has 0 spiro atoms. The third-order valence-corrected chi connectivity index (χ3v) is 4.64. The SMILES string of the molecule is CC1CCCC(C(=O)C2CCOc3ccccc32)C1. The van der Waals surface area contributed by atoms with Crippen LogP contribution in [0.4, 0.5) is 0 Å². The Labute approximate surface area is 115 Å². The number of rotatable bonds is 2. The van der Waals surface area contributed by atoms with Crippen LogP contribution in [0.1, 0.15) is 50.5 Å².